The predicted octanol–water partition coefficient (Wildman–Crippen LogP) is 2.20. The Labute approximate surface area is 106 Å². The Kier molecular flexibility index (Phi) is 3.62. The van der Waals surface area contributed by atoms with Crippen molar-refractivity contribution in [2.24, 2.45) is 5.92 Å². The van der Waals surface area contributed by atoms with Gasteiger partial charge in [0.25, 0.3) is 0 Å². The van der Waals surface area contributed by atoms with Gasteiger partial charge in [-0.1, -0.05) is 30.3 Å². The maximum Gasteiger partial charge on any atom is 0.174 e. The minimum atomic E-state index is -0.905. The zero-order valence-electron chi connectivity index (χ0n) is 10.2. The van der Waals surface area contributed by atoms with Gasteiger partial charge < -0.3 is 9.47 Å². The summed E-state index contributed by atoms with van der Waals surface area (Å²) in [5.74, 6) is -2.11. The molecule has 1 aliphatic rings. The molecule has 0 N–H and O–H groups in total. The van der Waals surface area contributed by atoms with Crippen LogP contribution in [0.1, 0.15) is 18.4 Å². The number of ether oxygens (including phenoxy) is 2. The summed E-state index contributed by atoms with van der Waals surface area (Å²) < 4.78 is 11.2. The highest BCUT2D eigenvalue weighted by atomic mass is 16.7. The van der Waals surface area contributed by atoms with Gasteiger partial charge in [0.15, 0.2) is 5.79 Å². The van der Waals surface area contributed by atoms with E-state index < -0.39 is 17.6 Å². The molecule has 1 aromatic rings. The van der Waals surface area contributed by atoms with Crippen LogP contribution in [-0.4, -0.2) is 19.0 Å². The number of nitrogens with zero attached hydrogens (tertiary/aromatic N) is 2. The van der Waals surface area contributed by atoms with E-state index in [1.807, 2.05) is 42.5 Å². The second kappa shape index (κ2) is 5.18. The monoisotopic (exact) mass is 242 g/mol. The molecule has 0 bridgehead atoms. The van der Waals surface area contributed by atoms with E-state index in [1.54, 1.807) is 6.92 Å². The first-order chi connectivity index (χ1) is 8.71. The average Bonchev–Trinajstić information content (AvgIpc) is 2.84. The number of nitriles is 2. The van der Waals surface area contributed by atoms with E-state index in [0.29, 0.717) is 13.2 Å². The molecule has 1 atom stereocenters. The fourth-order valence-electron chi connectivity index (χ4n) is 2.35. The maximum absolute atomic E-state index is 9.15. The molecular formula is C14H14N2O2. The fraction of sp³-hybridized carbons (Fsp3) is 0.429. The van der Waals surface area contributed by atoms with Crippen molar-refractivity contribution in [2.75, 3.05) is 13.2 Å². The first-order valence-corrected chi connectivity index (χ1v) is 5.83. The molecule has 0 spiro atoms. The smallest absolute Gasteiger partial charge is 0.174 e. The van der Waals surface area contributed by atoms with Crippen LogP contribution in [-0.2, 0) is 9.47 Å². The van der Waals surface area contributed by atoms with E-state index >= 15 is 0 Å². The normalized spacial score (nSPS) is 19.1. The highest BCUT2D eigenvalue weighted by molar-refractivity contribution is 5.28. The van der Waals surface area contributed by atoms with Crippen molar-refractivity contribution in [2.45, 2.75) is 18.6 Å². The topological polar surface area (TPSA) is 66.0 Å². The zero-order valence-corrected chi connectivity index (χ0v) is 10.2. The van der Waals surface area contributed by atoms with Crippen LogP contribution < -0.4 is 0 Å². The summed E-state index contributed by atoms with van der Waals surface area (Å²) in [6, 6.07) is 13.5. The highest BCUT2D eigenvalue weighted by Gasteiger charge is 2.45. The van der Waals surface area contributed by atoms with E-state index in [1.165, 1.54) is 0 Å². The van der Waals surface area contributed by atoms with Crippen molar-refractivity contribution in [3.63, 3.8) is 0 Å². The molecule has 0 aromatic heterocycles. The minimum absolute atomic E-state index is 0.406. The second-order valence-electron chi connectivity index (χ2n) is 4.34. The lowest BCUT2D eigenvalue weighted by Crippen LogP contribution is -2.37. The van der Waals surface area contributed by atoms with Crippen LogP contribution in [0.4, 0.5) is 0 Å². The quantitative estimate of drug-likeness (QED) is 0.815. The molecule has 0 unspecified atom stereocenters. The average molecular weight is 242 g/mol. The third-order valence-corrected chi connectivity index (χ3v) is 3.20. The number of hydrogen-bond donors (Lipinski definition) is 0. The van der Waals surface area contributed by atoms with E-state index in [0.717, 1.165) is 5.56 Å². The van der Waals surface area contributed by atoms with Gasteiger partial charge in [0.1, 0.15) is 5.92 Å². The molecule has 4 heteroatoms. The van der Waals surface area contributed by atoms with Gasteiger partial charge in [-0.2, -0.15) is 10.5 Å². The van der Waals surface area contributed by atoms with Crippen LogP contribution in [0.15, 0.2) is 30.3 Å². The molecule has 0 amide bonds. The van der Waals surface area contributed by atoms with Crippen molar-refractivity contribution in [3.8, 4) is 12.1 Å². The lowest BCUT2D eigenvalue weighted by atomic mass is 9.81. The standard InChI is InChI=1S/C14H14N2O2/c1-14(17-7-8-18-14)13(12(9-15)10-16)11-5-3-2-4-6-11/h2-6,12-13H,7-8H2,1H3/t13-/m1/s1. The van der Waals surface area contributed by atoms with E-state index in [4.69, 9.17) is 20.0 Å². The summed E-state index contributed by atoms with van der Waals surface area (Å²) in [5, 5.41) is 18.3. The molecule has 18 heavy (non-hydrogen) atoms. The summed E-state index contributed by atoms with van der Waals surface area (Å²) in [5.41, 5.74) is 0.884. The minimum Gasteiger partial charge on any atom is -0.347 e. The number of benzene rings is 1. The molecule has 0 saturated carbocycles. The Morgan fingerprint density at radius 1 is 1.11 bits per heavy atom. The summed E-state index contributed by atoms with van der Waals surface area (Å²) >= 11 is 0. The van der Waals surface area contributed by atoms with Gasteiger partial charge in [-0.3, -0.25) is 0 Å². The van der Waals surface area contributed by atoms with Crippen molar-refractivity contribution in [1.82, 2.24) is 0 Å². The lowest BCUT2D eigenvalue weighted by molar-refractivity contribution is -0.163. The Morgan fingerprint density at radius 2 is 1.67 bits per heavy atom. The molecule has 2 rings (SSSR count). The maximum atomic E-state index is 9.15. The van der Waals surface area contributed by atoms with Gasteiger partial charge in [0.05, 0.1) is 31.3 Å². The van der Waals surface area contributed by atoms with Gasteiger partial charge in [-0.25, -0.2) is 0 Å². The van der Waals surface area contributed by atoms with Crippen LogP contribution >= 0.6 is 0 Å². The summed E-state index contributed by atoms with van der Waals surface area (Å²) in [7, 11) is 0. The second-order valence-corrected chi connectivity index (χ2v) is 4.34. The number of rotatable bonds is 3. The molecule has 1 fully saturated rings. The molecule has 1 heterocycles. The Balaban J connectivity index is 2.42. The molecular weight excluding hydrogens is 228 g/mol. The van der Waals surface area contributed by atoms with E-state index in [9.17, 15) is 0 Å². The molecule has 0 aliphatic carbocycles. The van der Waals surface area contributed by atoms with Crippen molar-refractivity contribution in [3.05, 3.63) is 35.9 Å². The van der Waals surface area contributed by atoms with Crippen LogP contribution in [0.3, 0.4) is 0 Å². The summed E-state index contributed by atoms with van der Waals surface area (Å²) in [6.45, 7) is 2.77. The largest absolute Gasteiger partial charge is 0.347 e. The molecule has 1 aromatic carbocycles. The van der Waals surface area contributed by atoms with Crippen molar-refractivity contribution >= 4 is 0 Å². The van der Waals surface area contributed by atoms with Crippen LogP contribution in [0, 0.1) is 28.6 Å². The fourth-order valence-corrected chi connectivity index (χ4v) is 2.35. The van der Waals surface area contributed by atoms with Crippen LogP contribution in [0.5, 0.6) is 0 Å². The third kappa shape index (κ3) is 2.22. The molecule has 4 nitrogen and oxygen atoms in total. The van der Waals surface area contributed by atoms with Gasteiger partial charge >= 0.3 is 0 Å². The highest BCUT2D eigenvalue weighted by Crippen LogP contribution is 2.40. The lowest BCUT2D eigenvalue weighted by Gasteiger charge is -2.33. The zero-order chi connectivity index (χ0) is 13.0. The van der Waals surface area contributed by atoms with E-state index in [-0.39, 0.29) is 0 Å². The molecule has 0 radical (unpaired) electrons. The van der Waals surface area contributed by atoms with Crippen molar-refractivity contribution < 1.29 is 9.47 Å². The SMILES string of the molecule is CC1([C@H](c2ccccc2)C(C#N)C#N)OCCO1. The van der Waals surface area contributed by atoms with Gasteiger partial charge in [0.2, 0.25) is 0 Å². The molecule has 1 saturated heterocycles. The Bertz CT molecular complexity index is 467. The number of hydrogen-bond acceptors (Lipinski definition) is 4. The van der Waals surface area contributed by atoms with Gasteiger partial charge in [-0.15, -0.1) is 0 Å². The third-order valence-electron chi connectivity index (χ3n) is 3.20. The first kappa shape index (κ1) is 12.6. The van der Waals surface area contributed by atoms with Crippen molar-refractivity contribution in [1.29, 1.82) is 10.5 Å². The van der Waals surface area contributed by atoms with Gasteiger partial charge in [-0.05, 0) is 12.5 Å². The van der Waals surface area contributed by atoms with Crippen LogP contribution in [0.25, 0.3) is 0 Å². The first-order valence-electron chi connectivity index (χ1n) is 5.83. The summed E-state index contributed by atoms with van der Waals surface area (Å²) in [4.78, 5) is 0. The van der Waals surface area contributed by atoms with Crippen LogP contribution in [0.2, 0.25) is 0 Å². The Hall–Kier alpha value is -1.88. The summed E-state index contributed by atoms with van der Waals surface area (Å²) in [6.07, 6.45) is 0. The van der Waals surface area contributed by atoms with E-state index in [2.05, 4.69) is 0 Å². The predicted molar refractivity (Wildman–Crippen MR) is 64.2 cm³/mol. The molecule has 1 aliphatic heterocycles. The Morgan fingerprint density at radius 3 is 2.17 bits per heavy atom. The van der Waals surface area contributed by atoms with Gasteiger partial charge in [0, 0.05) is 0 Å². The molecule has 92 valence electrons.